The molecule has 3 rings (SSSR count). The lowest BCUT2D eigenvalue weighted by molar-refractivity contribution is 0.415. The molecule has 0 aliphatic rings. The van der Waals surface area contributed by atoms with E-state index in [1.54, 1.807) is 13.2 Å². The highest BCUT2D eigenvalue weighted by Crippen LogP contribution is 2.27. The summed E-state index contributed by atoms with van der Waals surface area (Å²) in [7, 11) is 1.62. The summed E-state index contributed by atoms with van der Waals surface area (Å²) in [4.78, 5) is 3.15. The van der Waals surface area contributed by atoms with E-state index in [4.69, 9.17) is 17.0 Å². The summed E-state index contributed by atoms with van der Waals surface area (Å²) < 4.78 is 8.53. The molecule has 0 aliphatic carbocycles. The van der Waals surface area contributed by atoms with E-state index in [0.29, 0.717) is 10.3 Å². The average Bonchev–Trinajstić information content (AvgIpc) is 2.81. The summed E-state index contributed by atoms with van der Waals surface area (Å²) in [6, 6.07) is 13.3. The van der Waals surface area contributed by atoms with Gasteiger partial charge in [-0.25, -0.2) is 0 Å². The zero-order valence-electron chi connectivity index (χ0n) is 11.1. The molecule has 0 amide bonds. The molecule has 0 saturated heterocycles. The van der Waals surface area contributed by atoms with E-state index in [2.05, 4.69) is 27.0 Å². The topological polar surface area (TPSA) is 53.7 Å². The number of aromatic amines is 1. The Labute approximate surface area is 134 Å². The van der Waals surface area contributed by atoms with Crippen molar-refractivity contribution < 1.29 is 4.74 Å². The number of nitriles is 1. The number of H-pyrrole nitrogens is 1. The van der Waals surface area contributed by atoms with Gasteiger partial charge in [0.15, 0.2) is 4.77 Å². The Bertz CT molecular complexity index is 936. The molecule has 0 unspecified atom stereocenters. The molecule has 0 atom stereocenters. The number of imidazole rings is 1. The summed E-state index contributed by atoms with van der Waals surface area (Å²) in [5, 5.41) is 9.32. The first-order valence-electron chi connectivity index (χ1n) is 6.13. The molecule has 0 saturated carbocycles. The Hall–Kier alpha value is -2.10. The molecule has 3 aromatic rings. The second kappa shape index (κ2) is 5.35. The minimum Gasteiger partial charge on any atom is -0.497 e. The van der Waals surface area contributed by atoms with Crippen molar-refractivity contribution in [3.05, 3.63) is 51.2 Å². The quantitative estimate of drug-likeness (QED) is 0.692. The molecule has 0 aliphatic heterocycles. The van der Waals surface area contributed by atoms with Gasteiger partial charge in [0.2, 0.25) is 0 Å². The van der Waals surface area contributed by atoms with E-state index >= 15 is 0 Å². The highest BCUT2D eigenvalue weighted by Gasteiger charge is 2.12. The summed E-state index contributed by atoms with van der Waals surface area (Å²) in [6.45, 7) is 0. The number of nitrogens with one attached hydrogen (secondary N) is 1. The summed E-state index contributed by atoms with van der Waals surface area (Å²) in [5.41, 5.74) is 3.05. The zero-order valence-corrected chi connectivity index (χ0v) is 13.5. The number of fused-ring (bicyclic) bond motifs is 1. The van der Waals surface area contributed by atoms with Gasteiger partial charge in [-0.2, -0.15) is 5.26 Å². The number of methoxy groups -OCH3 is 1. The molecule has 0 bridgehead atoms. The maximum atomic E-state index is 9.32. The standard InChI is InChI=1S/C15H10BrN3OS/c1-20-11-4-5-12-14(7-11)19(15(21)18-12)13-6-10(16)3-2-9(13)8-17/h2-7H,1H3,(H,18,21). The molecule has 104 valence electrons. The molecule has 0 spiro atoms. The van der Waals surface area contributed by atoms with E-state index in [9.17, 15) is 5.26 Å². The Balaban J connectivity index is 2.40. The molecular weight excluding hydrogens is 350 g/mol. The minimum absolute atomic E-state index is 0.535. The fourth-order valence-electron chi connectivity index (χ4n) is 2.23. The van der Waals surface area contributed by atoms with Crippen LogP contribution in [0.3, 0.4) is 0 Å². The van der Waals surface area contributed by atoms with Gasteiger partial charge in [-0.15, -0.1) is 0 Å². The van der Waals surface area contributed by atoms with E-state index in [0.717, 1.165) is 26.9 Å². The molecular formula is C15H10BrN3OS. The Kier molecular flexibility index (Phi) is 3.53. The van der Waals surface area contributed by atoms with Crippen molar-refractivity contribution in [2.45, 2.75) is 0 Å². The van der Waals surface area contributed by atoms with Crippen molar-refractivity contribution in [3.63, 3.8) is 0 Å². The number of rotatable bonds is 2. The van der Waals surface area contributed by atoms with Crippen LogP contribution >= 0.6 is 28.1 Å². The molecule has 1 heterocycles. The Morgan fingerprint density at radius 2 is 2.10 bits per heavy atom. The third kappa shape index (κ3) is 2.35. The maximum absolute atomic E-state index is 9.32. The van der Waals surface area contributed by atoms with Crippen LogP contribution < -0.4 is 4.74 Å². The average molecular weight is 360 g/mol. The second-order valence-corrected chi connectivity index (χ2v) is 5.72. The SMILES string of the molecule is COc1ccc2[nH]c(=S)n(-c3cc(Br)ccc3C#N)c2c1. The van der Waals surface area contributed by atoms with Gasteiger partial charge < -0.3 is 9.72 Å². The van der Waals surface area contributed by atoms with Gasteiger partial charge in [0, 0.05) is 10.5 Å². The lowest BCUT2D eigenvalue weighted by Gasteiger charge is -2.08. The Morgan fingerprint density at radius 1 is 1.29 bits per heavy atom. The smallest absolute Gasteiger partial charge is 0.182 e. The summed E-state index contributed by atoms with van der Waals surface area (Å²) >= 11 is 8.84. The predicted molar refractivity (Wildman–Crippen MR) is 87.4 cm³/mol. The van der Waals surface area contributed by atoms with Crippen LogP contribution in [0.4, 0.5) is 0 Å². The maximum Gasteiger partial charge on any atom is 0.182 e. The molecule has 0 fully saturated rings. The number of halogens is 1. The van der Waals surface area contributed by atoms with Gasteiger partial charge in [0.25, 0.3) is 0 Å². The second-order valence-electron chi connectivity index (χ2n) is 4.42. The van der Waals surface area contributed by atoms with Crippen molar-refractivity contribution >= 4 is 39.2 Å². The lowest BCUT2D eigenvalue weighted by atomic mass is 10.2. The number of nitrogens with zero attached hydrogens (tertiary/aromatic N) is 2. The van der Waals surface area contributed by atoms with Gasteiger partial charge in [-0.1, -0.05) is 15.9 Å². The van der Waals surface area contributed by atoms with Crippen molar-refractivity contribution in [3.8, 4) is 17.5 Å². The Morgan fingerprint density at radius 3 is 2.81 bits per heavy atom. The fourth-order valence-corrected chi connectivity index (χ4v) is 2.89. The highest BCUT2D eigenvalue weighted by molar-refractivity contribution is 9.10. The van der Waals surface area contributed by atoms with Gasteiger partial charge in [0.05, 0.1) is 29.4 Å². The van der Waals surface area contributed by atoms with Crippen LogP contribution in [0.15, 0.2) is 40.9 Å². The normalized spacial score (nSPS) is 10.5. The zero-order chi connectivity index (χ0) is 15.0. The first kappa shape index (κ1) is 13.9. The fraction of sp³-hybridized carbons (Fsp3) is 0.0667. The number of ether oxygens (including phenoxy) is 1. The van der Waals surface area contributed by atoms with Crippen LogP contribution in [-0.4, -0.2) is 16.7 Å². The van der Waals surface area contributed by atoms with Gasteiger partial charge in [-0.05, 0) is 42.5 Å². The van der Waals surface area contributed by atoms with Gasteiger partial charge >= 0.3 is 0 Å². The molecule has 4 nitrogen and oxygen atoms in total. The van der Waals surface area contributed by atoms with Crippen LogP contribution in [0.25, 0.3) is 16.7 Å². The van der Waals surface area contributed by atoms with Gasteiger partial charge in [0.1, 0.15) is 11.8 Å². The number of benzene rings is 2. The lowest BCUT2D eigenvalue weighted by Crippen LogP contribution is -1.98. The molecule has 0 radical (unpaired) electrons. The number of aromatic nitrogens is 2. The van der Waals surface area contributed by atoms with Crippen LogP contribution in [0.2, 0.25) is 0 Å². The number of hydrogen-bond donors (Lipinski definition) is 1. The minimum atomic E-state index is 0.535. The van der Waals surface area contributed by atoms with Gasteiger partial charge in [-0.3, -0.25) is 4.57 Å². The third-order valence-electron chi connectivity index (χ3n) is 3.21. The van der Waals surface area contributed by atoms with Crippen LogP contribution in [0, 0.1) is 16.1 Å². The van der Waals surface area contributed by atoms with Crippen molar-refractivity contribution in [1.29, 1.82) is 5.26 Å². The monoisotopic (exact) mass is 359 g/mol. The molecule has 2 aromatic carbocycles. The van der Waals surface area contributed by atoms with Crippen LogP contribution in [0.1, 0.15) is 5.56 Å². The first-order chi connectivity index (χ1) is 10.1. The van der Waals surface area contributed by atoms with E-state index in [-0.39, 0.29) is 0 Å². The summed E-state index contributed by atoms with van der Waals surface area (Å²) in [5.74, 6) is 0.735. The molecule has 1 N–H and O–H groups in total. The van der Waals surface area contributed by atoms with E-state index in [1.807, 2.05) is 34.9 Å². The number of hydrogen-bond acceptors (Lipinski definition) is 3. The molecule has 21 heavy (non-hydrogen) atoms. The largest absolute Gasteiger partial charge is 0.497 e. The van der Waals surface area contributed by atoms with Crippen LogP contribution in [-0.2, 0) is 0 Å². The molecule has 6 heteroatoms. The summed E-state index contributed by atoms with van der Waals surface area (Å²) in [6.07, 6.45) is 0. The highest BCUT2D eigenvalue weighted by atomic mass is 79.9. The van der Waals surface area contributed by atoms with E-state index < -0.39 is 0 Å². The van der Waals surface area contributed by atoms with Crippen molar-refractivity contribution in [2.24, 2.45) is 0 Å². The van der Waals surface area contributed by atoms with Crippen LogP contribution in [0.5, 0.6) is 5.75 Å². The first-order valence-corrected chi connectivity index (χ1v) is 7.33. The third-order valence-corrected chi connectivity index (χ3v) is 3.99. The predicted octanol–water partition coefficient (Wildman–Crippen LogP) is 4.33. The molecule has 1 aromatic heterocycles. The van der Waals surface area contributed by atoms with Crippen molar-refractivity contribution in [1.82, 2.24) is 9.55 Å². The van der Waals surface area contributed by atoms with Crippen molar-refractivity contribution in [2.75, 3.05) is 7.11 Å². The van der Waals surface area contributed by atoms with E-state index in [1.165, 1.54) is 0 Å².